The van der Waals surface area contributed by atoms with Crippen molar-refractivity contribution in [1.29, 1.82) is 0 Å². The fourth-order valence-corrected chi connectivity index (χ4v) is 5.50. The molecule has 10 heteroatoms. The van der Waals surface area contributed by atoms with E-state index in [9.17, 15) is 19.7 Å². The summed E-state index contributed by atoms with van der Waals surface area (Å²) in [5.41, 5.74) is 1.66. The first-order valence-electron chi connectivity index (χ1n) is 12.7. The number of hydrogen-bond acceptors (Lipinski definition) is 7. The van der Waals surface area contributed by atoms with Crippen LogP contribution in [0.4, 0.5) is 11.5 Å². The number of nitro benzene ring substituents is 1. The zero-order valence-electron chi connectivity index (χ0n) is 22.1. The molecule has 1 N–H and O–H groups in total. The van der Waals surface area contributed by atoms with Gasteiger partial charge >= 0.3 is 0 Å². The Morgan fingerprint density at radius 2 is 1.92 bits per heavy atom. The number of likely N-dealkylation sites (N-methyl/N-ethyl adjacent to an activating group) is 1. The normalized spacial score (nSPS) is 15.5. The molecule has 1 aromatic heterocycles. The van der Waals surface area contributed by atoms with E-state index in [1.54, 1.807) is 54.6 Å². The van der Waals surface area contributed by atoms with Crippen molar-refractivity contribution in [3.8, 4) is 0 Å². The third kappa shape index (κ3) is 6.90. The highest BCUT2D eigenvalue weighted by molar-refractivity contribution is 7.99. The summed E-state index contributed by atoms with van der Waals surface area (Å²) in [5, 5.41) is 15.0. The number of carbonyl (C=O) groups excluding carboxylic acids is 2. The molecule has 1 fully saturated rings. The number of amides is 2. The topological polar surface area (TPSA) is 109 Å². The first-order chi connectivity index (χ1) is 18.7. The first kappa shape index (κ1) is 28.0. The van der Waals surface area contributed by atoms with Crippen molar-refractivity contribution < 1.29 is 14.5 Å². The standard InChI is InChI=1S/C29H31N5O4S/c1-20(2)22-8-4-5-9-25(22)39-26-13-11-21(18-24(26)34(37)38)12-14-28(35)33-17-16-30-23(19-33)29(36)32(3)27-10-6-7-15-31-27/h4-15,18,20,23,30H,16-17,19H2,1-3H3. The molecule has 1 unspecified atom stereocenters. The Hall–Kier alpha value is -4.02. The molecule has 0 aliphatic carbocycles. The molecule has 1 atom stereocenters. The van der Waals surface area contributed by atoms with Crippen LogP contribution in [0.15, 0.2) is 82.7 Å². The summed E-state index contributed by atoms with van der Waals surface area (Å²) >= 11 is 1.37. The van der Waals surface area contributed by atoms with Crippen LogP contribution in [0.5, 0.6) is 0 Å². The van der Waals surface area contributed by atoms with Crippen molar-refractivity contribution in [1.82, 2.24) is 15.2 Å². The molecule has 3 aromatic rings. The smallest absolute Gasteiger partial charge is 0.283 e. The molecular formula is C29H31N5O4S. The van der Waals surface area contributed by atoms with Gasteiger partial charge in [0.1, 0.15) is 11.9 Å². The molecule has 0 saturated carbocycles. The number of pyridine rings is 1. The van der Waals surface area contributed by atoms with Gasteiger partial charge in [0.05, 0.1) is 9.82 Å². The molecule has 1 aliphatic rings. The molecule has 2 amide bonds. The van der Waals surface area contributed by atoms with E-state index in [2.05, 4.69) is 24.1 Å². The van der Waals surface area contributed by atoms with Crippen molar-refractivity contribution in [3.05, 3.63) is 94.2 Å². The molecule has 1 saturated heterocycles. The molecule has 2 aromatic carbocycles. The van der Waals surface area contributed by atoms with Crippen molar-refractivity contribution in [2.75, 3.05) is 31.6 Å². The number of nitrogens with one attached hydrogen (secondary N) is 1. The molecule has 0 spiro atoms. The molecule has 0 bridgehead atoms. The second-order valence-corrected chi connectivity index (χ2v) is 10.6. The van der Waals surface area contributed by atoms with Gasteiger partial charge < -0.3 is 10.2 Å². The highest BCUT2D eigenvalue weighted by Gasteiger charge is 2.30. The SMILES string of the molecule is CC(C)c1ccccc1Sc1ccc(C=CC(=O)N2CCNC(C(=O)N(C)c3ccccn3)C2)cc1[N+](=O)[O-]. The van der Waals surface area contributed by atoms with Gasteiger partial charge in [0.25, 0.3) is 5.69 Å². The highest BCUT2D eigenvalue weighted by Crippen LogP contribution is 2.39. The number of nitro groups is 1. The van der Waals surface area contributed by atoms with Crippen LogP contribution >= 0.6 is 11.8 Å². The van der Waals surface area contributed by atoms with E-state index in [-0.39, 0.29) is 30.0 Å². The van der Waals surface area contributed by atoms with E-state index in [4.69, 9.17) is 0 Å². The van der Waals surface area contributed by atoms with Gasteiger partial charge in [-0.3, -0.25) is 24.6 Å². The van der Waals surface area contributed by atoms with Crippen molar-refractivity contribution in [2.24, 2.45) is 0 Å². The number of nitrogens with zero attached hydrogens (tertiary/aromatic N) is 4. The van der Waals surface area contributed by atoms with Crippen LogP contribution in [-0.4, -0.2) is 59.3 Å². The third-order valence-corrected chi connectivity index (χ3v) is 7.62. The fraction of sp³-hybridized carbons (Fsp3) is 0.276. The van der Waals surface area contributed by atoms with Gasteiger partial charge in [0.15, 0.2) is 0 Å². The van der Waals surface area contributed by atoms with Gasteiger partial charge in [0, 0.05) is 49.9 Å². The predicted molar refractivity (Wildman–Crippen MR) is 153 cm³/mol. The maximum absolute atomic E-state index is 13.0. The molecule has 4 rings (SSSR count). The van der Waals surface area contributed by atoms with Crippen molar-refractivity contribution in [2.45, 2.75) is 35.6 Å². The number of anilines is 1. The van der Waals surface area contributed by atoms with E-state index in [1.807, 2.05) is 24.3 Å². The number of aromatic nitrogens is 1. The number of piperazine rings is 1. The minimum atomic E-state index is -0.561. The summed E-state index contributed by atoms with van der Waals surface area (Å²) in [5.74, 6) is 0.375. The van der Waals surface area contributed by atoms with Crippen LogP contribution in [0.2, 0.25) is 0 Å². The Morgan fingerprint density at radius 1 is 1.15 bits per heavy atom. The Balaban J connectivity index is 1.45. The van der Waals surface area contributed by atoms with Crippen LogP contribution in [0.25, 0.3) is 6.08 Å². The molecule has 202 valence electrons. The van der Waals surface area contributed by atoms with Gasteiger partial charge in [-0.2, -0.15) is 0 Å². The lowest BCUT2D eigenvalue weighted by Gasteiger charge is -2.34. The van der Waals surface area contributed by atoms with E-state index in [0.29, 0.717) is 29.4 Å². The fourth-order valence-electron chi connectivity index (χ4n) is 4.32. The highest BCUT2D eigenvalue weighted by atomic mass is 32.2. The van der Waals surface area contributed by atoms with E-state index in [1.165, 1.54) is 28.8 Å². The van der Waals surface area contributed by atoms with E-state index < -0.39 is 11.0 Å². The molecule has 0 radical (unpaired) electrons. The van der Waals surface area contributed by atoms with Crippen molar-refractivity contribution in [3.63, 3.8) is 0 Å². The molecule has 9 nitrogen and oxygen atoms in total. The Morgan fingerprint density at radius 3 is 2.64 bits per heavy atom. The van der Waals surface area contributed by atoms with Gasteiger partial charge in [0.2, 0.25) is 11.8 Å². The third-order valence-electron chi connectivity index (χ3n) is 6.47. The molecule has 39 heavy (non-hydrogen) atoms. The molecular weight excluding hydrogens is 514 g/mol. The first-order valence-corrected chi connectivity index (χ1v) is 13.5. The summed E-state index contributed by atoms with van der Waals surface area (Å²) < 4.78 is 0. The maximum Gasteiger partial charge on any atom is 0.283 e. The van der Waals surface area contributed by atoms with Crippen LogP contribution in [0, 0.1) is 10.1 Å². The van der Waals surface area contributed by atoms with Gasteiger partial charge in [-0.25, -0.2) is 4.98 Å². The number of carbonyl (C=O) groups is 2. The average Bonchev–Trinajstić information content (AvgIpc) is 2.96. The lowest BCUT2D eigenvalue weighted by Crippen LogP contribution is -2.58. The van der Waals surface area contributed by atoms with E-state index in [0.717, 1.165) is 10.5 Å². The average molecular weight is 546 g/mol. The summed E-state index contributed by atoms with van der Waals surface area (Å²) in [6.07, 6.45) is 4.59. The van der Waals surface area contributed by atoms with Crippen LogP contribution < -0.4 is 10.2 Å². The van der Waals surface area contributed by atoms with Gasteiger partial charge in [-0.05, 0) is 47.4 Å². The van der Waals surface area contributed by atoms with Crippen LogP contribution in [0.1, 0.15) is 30.9 Å². The monoisotopic (exact) mass is 545 g/mol. The zero-order valence-corrected chi connectivity index (χ0v) is 22.9. The second kappa shape index (κ2) is 12.7. The van der Waals surface area contributed by atoms with E-state index >= 15 is 0 Å². The minimum Gasteiger partial charge on any atom is -0.336 e. The lowest BCUT2D eigenvalue weighted by molar-refractivity contribution is -0.387. The van der Waals surface area contributed by atoms with Crippen molar-refractivity contribution >= 4 is 41.2 Å². The summed E-state index contributed by atoms with van der Waals surface area (Å²) in [6.45, 7) is 5.32. The number of hydrogen-bond donors (Lipinski definition) is 1. The number of benzene rings is 2. The van der Waals surface area contributed by atoms with Crippen LogP contribution in [-0.2, 0) is 9.59 Å². The quantitative estimate of drug-likeness (QED) is 0.247. The maximum atomic E-state index is 13.0. The summed E-state index contributed by atoms with van der Waals surface area (Å²) in [7, 11) is 1.66. The predicted octanol–water partition coefficient (Wildman–Crippen LogP) is 4.74. The Bertz CT molecular complexity index is 1380. The molecule has 1 aliphatic heterocycles. The number of rotatable bonds is 8. The van der Waals surface area contributed by atoms with Crippen LogP contribution in [0.3, 0.4) is 0 Å². The zero-order chi connectivity index (χ0) is 27.9. The second-order valence-electron chi connectivity index (χ2n) is 9.49. The minimum absolute atomic E-state index is 0.0152. The Kier molecular flexibility index (Phi) is 9.11. The van der Waals surface area contributed by atoms with Gasteiger partial charge in [-0.1, -0.05) is 55.9 Å². The largest absolute Gasteiger partial charge is 0.336 e. The summed E-state index contributed by atoms with van der Waals surface area (Å²) in [4.78, 5) is 46.2. The summed E-state index contributed by atoms with van der Waals surface area (Å²) in [6, 6.07) is 17.6. The Labute approximate surface area is 232 Å². The lowest BCUT2D eigenvalue weighted by atomic mass is 10.0. The molecule has 2 heterocycles. The van der Waals surface area contributed by atoms with Gasteiger partial charge in [-0.15, -0.1) is 0 Å².